The van der Waals surface area contributed by atoms with E-state index in [4.69, 9.17) is 0 Å². The fourth-order valence-electron chi connectivity index (χ4n) is 1.28. The van der Waals surface area contributed by atoms with Crippen LogP contribution in [-0.2, 0) is 0 Å². The van der Waals surface area contributed by atoms with Crippen LogP contribution in [0.3, 0.4) is 0 Å². The Hall–Kier alpha value is -1.43. The summed E-state index contributed by atoms with van der Waals surface area (Å²) in [5.74, 6) is 0. The van der Waals surface area contributed by atoms with Gasteiger partial charge in [0.05, 0.1) is 6.20 Å². The van der Waals surface area contributed by atoms with Gasteiger partial charge < -0.3 is 0 Å². The summed E-state index contributed by atoms with van der Waals surface area (Å²) in [6, 6.07) is 6.26. The van der Waals surface area contributed by atoms with Gasteiger partial charge in [-0.3, -0.25) is 5.10 Å². The zero-order chi connectivity index (χ0) is 11.6. The van der Waals surface area contributed by atoms with Gasteiger partial charge in [-0.05, 0) is 29.5 Å². The number of alkyl halides is 3. The number of hydrogen-bond acceptors (Lipinski definition) is 2. The Morgan fingerprint density at radius 2 is 2.00 bits per heavy atom. The lowest BCUT2D eigenvalue weighted by molar-refractivity contribution is -0.0328. The van der Waals surface area contributed by atoms with Gasteiger partial charge in [0.25, 0.3) is 0 Å². The predicted molar refractivity (Wildman–Crippen MR) is 55.9 cm³/mol. The van der Waals surface area contributed by atoms with Gasteiger partial charge in [0, 0.05) is 16.7 Å². The van der Waals surface area contributed by atoms with Gasteiger partial charge in [-0.1, -0.05) is 12.1 Å². The first-order valence-corrected chi connectivity index (χ1v) is 5.21. The van der Waals surface area contributed by atoms with Crippen molar-refractivity contribution in [1.82, 2.24) is 10.2 Å². The van der Waals surface area contributed by atoms with Crippen LogP contribution in [0.25, 0.3) is 11.1 Å². The molecule has 0 saturated carbocycles. The van der Waals surface area contributed by atoms with Gasteiger partial charge in [-0.25, -0.2) is 0 Å². The number of H-pyrrole nitrogens is 1. The van der Waals surface area contributed by atoms with Crippen molar-refractivity contribution in [3.63, 3.8) is 0 Å². The fraction of sp³-hybridized carbons (Fsp3) is 0.100. The lowest BCUT2D eigenvalue weighted by Gasteiger charge is -2.06. The maximum absolute atomic E-state index is 12.2. The number of hydrogen-bond donors (Lipinski definition) is 1. The van der Waals surface area contributed by atoms with Crippen LogP contribution in [-0.4, -0.2) is 15.7 Å². The first-order chi connectivity index (χ1) is 7.54. The second-order valence-corrected chi connectivity index (χ2v) is 4.20. The van der Waals surface area contributed by atoms with Crippen molar-refractivity contribution in [2.24, 2.45) is 0 Å². The molecular formula is C10H7F3N2S. The Morgan fingerprint density at radius 1 is 1.19 bits per heavy atom. The number of thioether (sulfide) groups is 1. The van der Waals surface area contributed by atoms with Crippen molar-refractivity contribution < 1.29 is 13.2 Å². The van der Waals surface area contributed by atoms with Crippen molar-refractivity contribution in [3.05, 3.63) is 36.7 Å². The van der Waals surface area contributed by atoms with Crippen LogP contribution in [0.5, 0.6) is 0 Å². The zero-order valence-corrected chi connectivity index (χ0v) is 8.77. The summed E-state index contributed by atoms with van der Waals surface area (Å²) in [4.78, 5) is 0.172. The molecule has 16 heavy (non-hydrogen) atoms. The van der Waals surface area contributed by atoms with E-state index >= 15 is 0 Å². The molecule has 0 fully saturated rings. The van der Waals surface area contributed by atoms with E-state index in [0.29, 0.717) is 5.56 Å². The highest BCUT2D eigenvalue weighted by molar-refractivity contribution is 8.00. The number of nitrogens with zero attached hydrogens (tertiary/aromatic N) is 1. The molecule has 2 nitrogen and oxygen atoms in total. The van der Waals surface area contributed by atoms with Gasteiger partial charge in [0.1, 0.15) is 0 Å². The van der Waals surface area contributed by atoms with Gasteiger partial charge in [-0.15, -0.1) is 0 Å². The third kappa shape index (κ3) is 2.79. The number of benzene rings is 1. The molecule has 1 heterocycles. The van der Waals surface area contributed by atoms with Crippen molar-refractivity contribution in [3.8, 4) is 11.1 Å². The van der Waals surface area contributed by atoms with E-state index in [-0.39, 0.29) is 16.7 Å². The molecule has 1 aromatic heterocycles. The second-order valence-electron chi connectivity index (χ2n) is 3.06. The van der Waals surface area contributed by atoms with Crippen LogP contribution in [0.4, 0.5) is 13.2 Å². The van der Waals surface area contributed by atoms with Gasteiger partial charge in [-0.2, -0.15) is 18.3 Å². The highest BCUT2D eigenvalue weighted by atomic mass is 32.2. The number of aromatic nitrogens is 2. The molecule has 1 aromatic carbocycles. The number of halogens is 3. The minimum Gasteiger partial charge on any atom is -0.285 e. The topological polar surface area (TPSA) is 28.7 Å². The molecule has 1 N–H and O–H groups in total. The summed E-state index contributed by atoms with van der Waals surface area (Å²) < 4.78 is 36.5. The van der Waals surface area contributed by atoms with Crippen LogP contribution >= 0.6 is 11.8 Å². The van der Waals surface area contributed by atoms with E-state index < -0.39 is 5.51 Å². The Bertz CT molecular complexity index is 465. The monoisotopic (exact) mass is 244 g/mol. The molecule has 6 heteroatoms. The van der Waals surface area contributed by atoms with E-state index in [1.807, 2.05) is 0 Å². The SMILES string of the molecule is FC(F)(F)Sc1cccc(-c2cn[nH]c2)c1. The van der Waals surface area contributed by atoms with E-state index in [1.165, 1.54) is 12.1 Å². The average Bonchev–Trinajstić information content (AvgIpc) is 2.68. The highest BCUT2D eigenvalue weighted by Gasteiger charge is 2.29. The second kappa shape index (κ2) is 4.21. The first kappa shape index (κ1) is 11.1. The molecule has 0 spiro atoms. The molecule has 2 aromatic rings. The molecule has 0 aliphatic heterocycles. The van der Waals surface area contributed by atoms with Crippen LogP contribution < -0.4 is 0 Å². The van der Waals surface area contributed by atoms with E-state index in [2.05, 4.69) is 10.2 Å². The van der Waals surface area contributed by atoms with Crippen molar-refractivity contribution in [1.29, 1.82) is 0 Å². The van der Waals surface area contributed by atoms with Crippen LogP contribution in [0.2, 0.25) is 0 Å². The predicted octanol–water partition coefficient (Wildman–Crippen LogP) is 3.69. The smallest absolute Gasteiger partial charge is 0.285 e. The third-order valence-electron chi connectivity index (χ3n) is 1.90. The standard InChI is InChI=1S/C10H7F3N2S/c11-10(12,13)16-9-3-1-2-7(4-9)8-5-14-15-6-8/h1-6H,(H,14,15). The lowest BCUT2D eigenvalue weighted by Crippen LogP contribution is -1.98. The van der Waals surface area contributed by atoms with Crippen LogP contribution in [0.1, 0.15) is 0 Å². The molecule has 0 radical (unpaired) electrons. The summed E-state index contributed by atoms with van der Waals surface area (Å²) in [6.07, 6.45) is 3.20. The molecule has 0 bridgehead atoms. The maximum Gasteiger partial charge on any atom is 0.446 e. The van der Waals surface area contributed by atoms with Gasteiger partial charge >= 0.3 is 5.51 Å². The van der Waals surface area contributed by atoms with Gasteiger partial charge in [0.15, 0.2) is 0 Å². The Kier molecular flexibility index (Phi) is 2.91. The highest BCUT2D eigenvalue weighted by Crippen LogP contribution is 2.37. The molecule has 0 saturated heterocycles. The normalized spacial score (nSPS) is 11.7. The van der Waals surface area contributed by atoms with Gasteiger partial charge in [0.2, 0.25) is 0 Å². The minimum absolute atomic E-state index is 0.118. The van der Waals surface area contributed by atoms with Crippen LogP contribution in [0.15, 0.2) is 41.6 Å². The first-order valence-electron chi connectivity index (χ1n) is 4.39. The van der Waals surface area contributed by atoms with Crippen LogP contribution in [0, 0.1) is 0 Å². The number of nitrogens with one attached hydrogen (secondary N) is 1. The van der Waals surface area contributed by atoms with E-state index in [9.17, 15) is 13.2 Å². The largest absolute Gasteiger partial charge is 0.446 e. The third-order valence-corrected chi connectivity index (χ3v) is 2.62. The molecule has 84 valence electrons. The molecule has 0 amide bonds. The molecule has 0 aliphatic rings. The molecule has 0 unspecified atom stereocenters. The zero-order valence-electron chi connectivity index (χ0n) is 7.95. The summed E-state index contributed by atoms with van der Waals surface area (Å²) in [5.41, 5.74) is -2.78. The fourth-order valence-corrected chi connectivity index (χ4v) is 1.88. The Labute approximate surface area is 93.9 Å². The molecular weight excluding hydrogens is 237 g/mol. The van der Waals surface area contributed by atoms with E-state index in [1.54, 1.807) is 24.5 Å². The summed E-state index contributed by atoms with van der Waals surface area (Å²) in [6.45, 7) is 0. The average molecular weight is 244 g/mol. The number of rotatable bonds is 2. The molecule has 0 aliphatic carbocycles. The summed E-state index contributed by atoms with van der Waals surface area (Å²) in [5, 5.41) is 6.37. The quantitative estimate of drug-likeness (QED) is 0.816. The maximum atomic E-state index is 12.2. The molecule has 2 rings (SSSR count). The van der Waals surface area contributed by atoms with Crippen molar-refractivity contribution in [2.45, 2.75) is 10.4 Å². The minimum atomic E-state index is -4.25. The Morgan fingerprint density at radius 3 is 2.62 bits per heavy atom. The summed E-state index contributed by atoms with van der Waals surface area (Å²) in [7, 11) is 0. The molecule has 0 atom stereocenters. The lowest BCUT2D eigenvalue weighted by atomic mass is 10.1. The number of aromatic amines is 1. The Balaban J connectivity index is 2.27. The summed E-state index contributed by atoms with van der Waals surface area (Å²) >= 11 is -0.118. The van der Waals surface area contributed by atoms with E-state index in [0.717, 1.165) is 5.56 Å². The van der Waals surface area contributed by atoms with Crippen molar-refractivity contribution >= 4 is 11.8 Å². The van der Waals surface area contributed by atoms with Crippen molar-refractivity contribution in [2.75, 3.05) is 0 Å².